The molecule has 1 aromatic carbocycles. The second-order valence-electron chi connectivity index (χ2n) is 6.78. The lowest BCUT2D eigenvalue weighted by molar-refractivity contribution is -0.808. The minimum Gasteiger partial charge on any atom is -0.401 e. The van der Waals surface area contributed by atoms with Crippen molar-refractivity contribution in [3.8, 4) is 0 Å². The van der Waals surface area contributed by atoms with Gasteiger partial charge in [-0.3, -0.25) is 20.2 Å². The Morgan fingerprint density at radius 2 is 2.04 bits per heavy atom. The molecule has 1 fully saturated rings. The Hall–Kier alpha value is -2.65. The number of hydrogen-bond acceptors (Lipinski definition) is 6. The Labute approximate surface area is 172 Å². The number of nitrogens with zero attached hydrogens (tertiary/aromatic N) is 3. The zero-order valence-corrected chi connectivity index (χ0v) is 17.0. The molecule has 2 aromatic rings. The van der Waals surface area contributed by atoms with Gasteiger partial charge < -0.3 is 4.42 Å². The van der Waals surface area contributed by atoms with E-state index in [1.165, 1.54) is 18.3 Å². The van der Waals surface area contributed by atoms with Crippen LogP contribution in [0.4, 0.5) is 5.88 Å². The van der Waals surface area contributed by atoms with Crippen LogP contribution in [0, 0.1) is 10.1 Å². The summed E-state index contributed by atoms with van der Waals surface area (Å²) in [6, 6.07) is 12.7. The number of furan rings is 1. The van der Waals surface area contributed by atoms with Crippen LogP contribution in [0.5, 0.6) is 0 Å². The highest BCUT2D eigenvalue weighted by atomic mass is 32.2. The number of thiocarbonyl (C=S) groups is 1. The maximum Gasteiger partial charge on any atom is 0.433 e. The fraction of sp³-hybridized carbons (Fsp3) is 0.263. The van der Waals surface area contributed by atoms with Gasteiger partial charge in [-0.15, -0.1) is 0 Å². The van der Waals surface area contributed by atoms with E-state index >= 15 is 0 Å². The van der Waals surface area contributed by atoms with Crippen LogP contribution in [-0.4, -0.2) is 41.2 Å². The van der Waals surface area contributed by atoms with Crippen molar-refractivity contribution < 1.29 is 19.3 Å². The topological polar surface area (TPSA) is 82.8 Å². The predicted molar refractivity (Wildman–Crippen MR) is 113 cm³/mol. The summed E-state index contributed by atoms with van der Waals surface area (Å²) >= 11 is 7.08. The van der Waals surface area contributed by atoms with E-state index in [9.17, 15) is 15.3 Å². The van der Waals surface area contributed by atoms with Gasteiger partial charge in [0, 0.05) is 6.08 Å². The number of thioether (sulfide) groups is 1. The quantitative estimate of drug-likeness (QED) is 0.187. The first-order chi connectivity index (χ1) is 13.3. The molecule has 3 rings (SSSR count). The van der Waals surface area contributed by atoms with E-state index in [0.717, 1.165) is 14.6 Å². The van der Waals surface area contributed by atoms with E-state index in [4.69, 9.17) is 16.6 Å². The summed E-state index contributed by atoms with van der Waals surface area (Å²) in [4.78, 5) is 12.1. The molecule has 1 aliphatic heterocycles. The van der Waals surface area contributed by atoms with Gasteiger partial charge in [0.15, 0.2) is 0 Å². The molecule has 28 heavy (non-hydrogen) atoms. The Balaban J connectivity index is 1.80. The lowest BCUT2D eigenvalue weighted by Crippen LogP contribution is -2.48. The molecule has 146 valence electrons. The first-order valence-electron chi connectivity index (χ1n) is 8.54. The van der Waals surface area contributed by atoms with Crippen LogP contribution >= 0.6 is 24.0 Å². The highest BCUT2D eigenvalue weighted by molar-refractivity contribution is 8.24. The second kappa shape index (κ2) is 8.15. The third-order valence-corrected chi connectivity index (χ3v) is 5.87. The van der Waals surface area contributed by atoms with Crippen LogP contribution in [0.2, 0.25) is 0 Å². The minimum atomic E-state index is -0.597. The highest BCUT2D eigenvalue weighted by Crippen LogP contribution is 2.42. The van der Waals surface area contributed by atoms with Crippen molar-refractivity contribution in [2.75, 3.05) is 0 Å². The summed E-state index contributed by atoms with van der Waals surface area (Å²) in [5.74, 6) is 0.00119. The van der Waals surface area contributed by atoms with Crippen molar-refractivity contribution in [1.82, 2.24) is 4.90 Å². The lowest BCUT2D eigenvalue weighted by Gasteiger charge is -2.25. The molecule has 2 heterocycles. The number of hydrogen-bond donors (Lipinski definition) is 1. The maximum absolute atomic E-state index is 10.7. The summed E-state index contributed by atoms with van der Waals surface area (Å²) in [7, 11) is 0. The van der Waals surface area contributed by atoms with Crippen molar-refractivity contribution in [3.05, 3.63) is 70.0 Å². The van der Waals surface area contributed by atoms with E-state index in [1.54, 1.807) is 23.9 Å². The first kappa shape index (κ1) is 20.1. The molecule has 7 nitrogen and oxygen atoms in total. The summed E-state index contributed by atoms with van der Waals surface area (Å²) in [6.45, 7) is 4.63. The minimum absolute atomic E-state index is 0.326. The van der Waals surface area contributed by atoms with E-state index in [2.05, 4.69) is 0 Å². The molecule has 0 spiro atoms. The Bertz CT molecular complexity index is 938. The smallest absolute Gasteiger partial charge is 0.401 e. The molecule has 0 aliphatic carbocycles. The zero-order chi connectivity index (χ0) is 20.3. The predicted octanol–water partition coefficient (Wildman–Crippen LogP) is 4.31. The number of hydroxylamine groups is 1. The molecule has 0 saturated carbocycles. The van der Waals surface area contributed by atoms with E-state index in [1.807, 2.05) is 49.1 Å². The number of allylic oxidation sites excluding steroid dienone is 1. The van der Waals surface area contributed by atoms with Crippen LogP contribution in [0.1, 0.15) is 25.2 Å². The Kier molecular flexibility index (Phi) is 5.85. The van der Waals surface area contributed by atoms with Crippen molar-refractivity contribution in [1.29, 1.82) is 0 Å². The third-order valence-electron chi connectivity index (χ3n) is 4.24. The lowest BCUT2D eigenvalue weighted by atomic mass is 10.1. The normalized spacial score (nSPS) is 19.5. The van der Waals surface area contributed by atoms with Crippen molar-refractivity contribution in [2.24, 2.45) is 0 Å². The van der Waals surface area contributed by atoms with Gasteiger partial charge >= 0.3 is 5.88 Å². The van der Waals surface area contributed by atoms with Gasteiger partial charge in [-0.25, -0.2) is 0 Å². The SMILES string of the molecule is CC1(C)SC(=S)N(Cc2ccccc2)C1[N+](O)=CC=Cc1ccc([N+](=O)[O-])o1. The molecule has 1 atom stereocenters. The van der Waals surface area contributed by atoms with Gasteiger partial charge in [-0.05, 0) is 36.3 Å². The monoisotopic (exact) mass is 418 g/mol. The van der Waals surface area contributed by atoms with E-state index in [0.29, 0.717) is 12.3 Å². The zero-order valence-electron chi connectivity index (χ0n) is 15.4. The molecule has 1 N–H and O–H groups in total. The summed E-state index contributed by atoms with van der Waals surface area (Å²) in [6.07, 6.45) is 4.24. The van der Waals surface area contributed by atoms with E-state index in [-0.39, 0.29) is 16.8 Å². The molecule has 1 unspecified atom stereocenters. The van der Waals surface area contributed by atoms with E-state index < -0.39 is 4.92 Å². The average Bonchev–Trinajstić information content (AvgIpc) is 3.18. The summed E-state index contributed by atoms with van der Waals surface area (Å²) in [5, 5.41) is 21.4. The molecule has 1 aromatic heterocycles. The summed E-state index contributed by atoms with van der Waals surface area (Å²) in [5.41, 5.74) is 1.10. The molecule has 0 amide bonds. The van der Waals surface area contributed by atoms with Crippen molar-refractivity contribution in [3.63, 3.8) is 0 Å². The van der Waals surface area contributed by atoms with Crippen LogP contribution in [0.3, 0.4) is 0 Å². The Morgan fingerprint density at radius 3 is 2.68 bits per heavy atom. The first-order valence-corrected chi connectivity index (χ1v) is 9.77. The molecular formula is C19H20N3O4S2+. The van der Waals surface area contributed by atoms with Crippen LogP contribution in [-0.2, 0) is 6.54 Å². The van der Waals surface area contributed by atoms with Crippen LogP contribution < -0.4 is 0 Å². The standard InChI is InChI=1S/C19H20N3O4S2/c1-19(2)17(20(18(27)28-19)13-14-7-4-3-5-8-14)21(23)12-6-9-15-10-11-16(26-15)22(24)25/h3-12,17,23H,13H2,1-2H3/q+1. The van der Waals surface area contributed by atoms with Gasteiger partial charge in [-0.1, -0.05) is 54.3 Å². The molecule has 0 radical (unpaired) electrons. The number of benzene rings is 1. The third kappa shape index (κ3) is 4.42. The molecule has 1 saturated heterocycles. The number of nitro groups is 1. The molecular weight excluding hydrogens is 398 g/mol. The van der Waals surface area contributed by atoms with Gasteiger partial charge in [0.2, 0.25) is 6.21 Å². The number of rotatable bonds is 6. The average molecular weight is 419 g/mol. The Morgan fingerprint density at radius 1 is 1.32 bits per heavy atom. The fourth-order valence-electron chi connectivity index (χ4n) is 3.04. The van der Waals surface area contributed by atoms with Gasteiger partial charge in [-0.2, -0.15) is 0 Å². The molecule has 0 bridgehead atoms. The summed E-state index contributed by atoms with van der Waals surface area (Å²) < 4.78 is 6.56. The van der Waals surface area contributed by atoms with Crippen LogP contribution in [0.15, 0.2) is 53.0 Å². The van der Waals surface area contributed by atoms with Gasteiger partial charge in [0.1, 0.15) is 19.8 Å². The van der Waals surface area contributed by atoms with Crippen LogP contribution in [0.25, 0.3) is 6.08 Å². The van der Waals surface area contributed by atoms with Gasteiger partial charge in [0.05, 0.1) is 12.6 Å². The molecule has 9 heteroatoms. The highest BCUT2D eigenvalue weighted by Gasteiger charge is 2.52. The second-order valence-corrected chi connectivity index (χ2v) is 9.07. The van der Waals surface area contributed by atoms with Gasteiger partial charge in [0.25, 0.3) is 6.17 Å². The fourth-order valence-corrected chi connectivity index (χ4v) is 4.92. The molecule has 1 aliphatic rings. The maximum atomic E-state index is 10.7. The van der Waals surface area contributed by atoms with Crippen molar-refractivity contribution in [2.45, 2.75) is 31.3 Å². The van der Waals surface area contributed by atoms with Crippen molar-refractivity contribution >= 4 is 46.5 Å². The largest absolute Gasteiger partial charge is 0.433 e.